The summed E-state index contributed by atoms with van der Waals surface area (Å²) < 4.78 is 16.8. The van der Waals surface area contributed by atoms with E-state index in [-0.39, 0.29) is 17.2 Å². The minimum absolute atomic E-state index is 0.181. The molecule has 0 aliphatic carbocycles. The molecule has 0 aliphatic heterocycles. The van der Waals surface area contributed by atoms with E-state index >= 15 is 0 Å². The summed E-state index contributed by atoms with van der Waals surface area (Å²) in [6.07, 6.45) is 6.06. The number of aromatic amines is 1. The van der Waals surface area contributed by atoms with Crippen molar-refractivity contribution in [2.24, 2.45) is 0 Å². The number of H-pyrrole nitrogens is 1. The molecule has 3 N–H and O–H groups in total. The van der Waals surface area contributed by atoms with Gasteiger partial charge in [-0.2, -0.15) is 20.4 Å². The number of carbonyl (C=O) groups is 4. The predicted molar refractivity (Wildman–Crippen MR) is 214 cm³/mol. The highest BCUT2D eigenvalue weighted by Crippen LogP contribution is 2.36. The van der Waals surface area contributed by atoms with Gasteiger partial charge in [0.2, 0.25) is 0 Å². The highest BCUT2D eigenvalue weighted by atomic mass is 32.1. The Labute approximate surface area is 335 Å². The van der Waals surface area contributed by atoms with Crippen LogP contribution in [-0.2, 0) is 29.3 Å². The first-order valence-corrected chi connectivity index (χ1v) is 19.3. The first-order chi connectivity index (χ1) is 26.3. The standard InChI is InChI=1S/C19H27N5O5S.C17H21N5O4S/c1-8-28-15(25)12-11(2)14(24-20-9-10-21-24)30-13(12)22-17(27)23-19(6,7)16(26)29-18(3,4)5;1-9-10-11(27-13(9)22-18-7-8-19-22)20-15(25)21(12(10)23)17(5,6)14(24)26-16(2,3)4/h9-10H,8H2,1-7H3,(H2,22,23,27);7-8H,1-6H3,(H,20,25). The summed E-state index contributed by atoms with van der Waals surface area (Å²) in [5.41, 5.74) is -4.05. The molecule has 0 aliphatic rings. The van der Waals surface area contributed by atoms with Crippen molar-refractivity contribution in [3.05, 3.63) is 62.3 Å². The number of aryl methyl sites for hydroxylation is 1. The van der Waals surface area contributed by atoms with Gasteiger partial charge in [-0.1, -0.05) is 22.7 Å². The van der Waals surface area contributed by atoms with E-state index in [9.17, 15) is 28.8 Å². The van der Waals surface area contributed by atoms with Crippen molar-refractivity contribution in [1.29, 1.82) is 0 Å². The van der Waals surface area contributed by atoms with Crippen LogP contribution < -0.4 is 21.9 Å². The van der Waals surface area contributed by atoms with Crippen LogP contribution in [0.3, 0.4) is 0 Å². The number of hydrogen-bond acceptors (Lipinski definition) is 15. The van der Waals surface area contributed by atoms with E-state index in [1.54, 1.807) is 62.3 Å². The van der Waals surface area contributed by atoms with Crippen molar-refractivity contribution in [1.82, 2.24) is 44.9 Å². The zero-order valence-electron chi connectivity index (χ0n) is 34.1. The normalized spacial score (nSPS) is 12.1. The summed E-state index contributed by atoms with van der Waals surface area (Å²) in [6, 6.07) is -0.669. The van der Waals surface area contributed by atoms with Gasteiger partial charge in [-0.05, 0) is 90.0 Å². The molecule has 5 rings (SSSR count). The molecule has 5 aromatic heterocycles. The molecule has 0 saturated carbocycles. The SMILES string of the molecule is CCOC(=O)c1c(NC(=O)NC(C)(C)C(=O)OC(C)(C)C)sc(-n2nccn2)c1C.Cc1c(-n2nccn2)sc2[nH]c(=O)n(C(C)(C)C(=O)OC(C)(C)C)c(=O)c12. The van der Waals surface area contributed by atoms with Crippen molar-refractivity contribution in [3.63, 3.8) is 0 Å². The Morgan fingerprint density at radius 2 is 1.25 bits per heavy atom. The molecule has 0 fully saturated rings. The molecule has 308 valence electrons. The molecule has 0 bridgehead atoms. The number of urea groups is 1. The molecule has 5 aromatic rings. The van der Waals surface area contributed by atoms with Crippen LogP contribution >= 0.6 is 22.7 Å². The maximum atomic E-state index is 13.2. The third-order valence-corrected chi connectivity index (χ3v) is 10.1. The van der Waals surface area contributed by atoms with Crippen LogP contribution in [0.15, 0.2) is 34.4 Å². The van der Waals surface area contributed by atoms with E-state index in [2.05, 4.69) is 36.0 Å². The first-order valence-electron chi connectivity index (χ1n) is 17.7. The van der Waals surface area contributed by atoms with Crippen LogP contribution in [0, 0.1) is 13.8 Å². The number of thiophene rings is 2. The third kappa shape index (κ3) is 10.0. The molecule has 5 heterocycles. The number of fused-ring (bicyclic) bond motifs is 1. The van der Waals surface area contributed by atoms with Crippen LogP contribution in [0.25, 0.3) is 20.2 Å². The van der Waals surface area contributed by atoms with Crippen molar-refractivity contribution in [2.45, 2.75) is 112 Å². The van der Waals surface area contributed by atoms with Gasteiger partial charge in [0.15, 0.2) is 0 Å². The minimum Gasteiger partial charge on any atom is -0.462 e. The summed E-state index contributed by atoms with van der Waals surface area (Å²) in [6.45, 7) is 21.8. The molecule has 2 amide bonds. The van der Waals surface area contributed by atoms with Gasteiger partial charge in [-0.3, -0.25) is 15.1 Å². The summed E-state index contributed by atoms with van der Waals surface area (Å²) in [5, 5.41) is 23.3. The van der Waals surface area contributed by atoms with Crippen LogP contribution in [-0.4, -0.2) is 86.8 Å². The van der Waals surface area contributed by atoms with Gasteiger partial charge < -0.3 is 19.5 Å². The van der Waals surface area contributed by atoms with Gasteiger partial charge in [-0.25, -0.2) is 28.5 Å². The zero-order chi connectivity index (χ0) is 42.8. The molecule has 19 nitrogen and oxygen atoms in total. The number of esters is 3. The van der Waals surface area contributed by atoms with E-state index in [0.717, 1.165) is 15.9 Å². The monoisotopic (exact) mass is 828 g/mol. The Morgan fingerprint density at radius 3 is 1.74 bits per heavy atom. The molecule has 57 heavy (non-hydrogen) atoms. The third-order valence-electron chi connectivity index (χ3n) is 7.78. The number of aromatic nitrogens is 8. The second-order valence-corrected chi connectivity index (χ2v) is 17.7. The van der Waals surface area contributed by atoms with Gasteiger partial charge >= 0.3 is 29.6 Å². The Hall–Kier alpha value is -5.70. The molecule has 0 saturated heterocycles. The molecule has 0 unspecified atom stereocenters. The van der Waals surface area contributed by atoms with Gasteiger partial charge in [0.05, 0.1) is 42.3 Å². The Kier molecular flexibility index (Phi) is 12.7. The lowest BCUT2D eigenvalue weighted by atomic mass is 10.0. The largest absolute Gasteiger partial charge is 0.462 e. The maximum Gasteiger partial charge on any atom is 0.341 e. The van der Waals surface area contributed by atoms with Gasteiger partial charge in [0.1, 0.15) is 42.1 Å². The number of anilines is 1. The Bertz CT molecular complexity index is 2390. The number of hydrogen-bond donors (Lipinski definition) is 3. The van der Waals surface area contributed by atoms with Crippen molar-refractivity contribution < 1.29 is 33.4 Å². The molecular weight excluding hydrogens is 781 g/mol. The molecule has 0 atom stereocenters. The lowest BCUT2D eigenvalue weighted by molar-refractivity contribution is -0.164. The molecule has 0 radical (unpaired) electrons. The second-order valence-electron chi connectivity index (χ2n) is 15.7. The molecular formula is C36H48N10O9S2. The number of nitrogens with one attached hydrogen (secondary N) is 3. The van der Waals surface area contributed by atoms with E-state index in [0.29, 0.717) is 31.3 Å². The van der Waals surface area contributed by atoms with Crippen molar-refractivity contribution >= 4 is 61.8 Å². The quantitative estimate of drug-likeness (QED) is 0.134. The summed E-state index contributed by atoms with van der Waals surface area (Å²) in [7, 11) is 0. The number of carbonyl (C=O) groups excluding carboxylic acids is 4. The van der Waals surface area contributed by atoms with Crippen LogP contribution in [0.5, 0.6) is 0 Å². The fourth-order valence-electron chi connectivity index (χ4n) is 5.14. The van der Waals surface area contributed by atoms with E-state index in [4.69, 9.17) is 14.2 Å². The molecule has 0 spiro atoms. The average Bonchev–Trinajstić information content (AvgIpc) is 3.87. The smallest absolute Gasteiger partial charge is 0.341 e. The van der Waals surface area contributed by atoms with Gasteiger partial charge in [0, 0.05) is 11.1 Å². The van der Waals surface area contributed by atoms with E-state index < -0.39 is 57.5 Å². The maximum absolute atomic E-state index is 13.2. The van der Waals surface area contributed by atoms with Crippen molar-refractivity contribution in [3.8, 4) is 10.0 Å². The zero-order valence-corrected chi connectivity index (χ0v) is 35.8. The van der Waals surface area contributed by atoms with Crippen LogP contribution in [0.4, 0.5) is 9.80 Å². The average molecular weight is 829 g/mol. The van der Waals surface area contributed by atoms with Gasteiger partial charge in [-0.15, -0.1) is 9.59 Å². The van der Waals surface area contributed by atoms with Crippen LogP contribution in [0.1, 0.15) is 97.6 Å². The molecule has 21 heteroatoms. The predicted octanol–water partition coefficient (Wildman–Crippen LogP) is 4.77. The fraction of sp³-hybridized carbons (Fsp3) is 0.500. The first kappa shape index (κ1) is 44.0. The summed E-state index contributed by atoms with van der Waals surface area (Å²) in [5.74, 6) is -1.82. The number of nitrogens with zero attached hydrogens (tertiary/aromatic N) is 7. The highest BCUT2D eigenvalue weighted by Gasteiger charge is 2.38. The lowest BCUT2D eigenvalue weighted by Gasteiger charge is -2.29. The number of ether oxygens (including phenoxy) is 3. The summed E-state index contributed by atoms with van der Waals surface area (Å²) >= 11 is 2.32. The minimum atomic E-state index is -1.48. The second kappa shape index (κ2) is 16.4. The number of rotatable bonds is 9. The molecule has 0 aromatic carbocycles. The van der Waals surface area contributed by atoms with Crippen LogP contribution in [0.2, 0.25) is 0 Å². The van der Waals surface area contributed by atoms with Gasteiger partial charge in [0.25, 0.3) is 5.56 Å². The van der Waals surface area contributed by atoms with E-state index in [1.807, 2.05) is 0 Å². The highest BCUT2D eigenvalue weighted by molar-refractivity contribution is 7.21. The lowest BCUT2D eigenvalue weighted by Crippen LogP contribution is -2.53. The van der Waals surface area contributed by atoms with Crippen molar-refractivity contribution in [2.75, 3.05) is 11.9 Å². The number of amides is 2. The Balaban J connectivity index is 0.000000254. The topological polar surface area (TPSA) is 236 Å². The fourth-order valence-corrected chi connectivity index (χ4v) is 7.35. The van der Waals surface area contributed by atoms with E-state index in [1.165, 1.54) is 73.4 Å². The Morgan fingerprint density at radius 1 is 0.754 bits per heavy atom. The summed E-state index contributed by atoms with van der Waals surface area (Å²) in [4.78, 5) is 81.8.